The zero-order chi connectivity index (χ0) is 15.5. The van der Waals surface area contributed by atoms with E-state index in [-0.39, 0.29) is 6.04 Å². The van der Waals surface area contributed by atoms with Crippen molar-refractivity contribution >= 4 is 5.96 Å². The monoisotopic (exact) mass is 295 g/mol. The van der Waals surface area contributed by atoms with E-state index >= 15 is 0 Å². The fourth-order valence-corrected chi connectivity index (χ4v) is 1.75. The van der Waals surface area contributed by atoms with Crippen molar-refractivity contribution in [3.8, 4) is 11.5 Å². The van der Waals surface area contributed by atoms with Crippen molar-refractivity contribution in [1.29, 1.82) is 0 Å². The summed E-state index contributed by atoms with van der Waals surface area (Å²) in [7, 11) is 5.05. The molecule has 1 unspecified atom stereocenters. The van der Waals surface area contributed by atoms with Crippen LogP contribution >= 0.6 is 0 Å². The molecule has 0 aliphatic heterocycles. The summed E-state index contributed by atoms with van der Waals surface area (Å²) in [6, 6.07) is 7.73. The van der Waals surface area contributed by atoms with Gasteiger partial charge in [0.05, 0.1) is 20.3 Å². The third kappa shape index (κ3) is 6.85. The minimum absolute atomic E-state index is 0.195. The highest BCUT2D eigenvalue weighted by molar-refractivity contribution is 5.79. The third-order valence-corrected chi connectivity index (χ3v) is 2.73. The minimum Gasteiger partial charge on any atom is -0.497 e. The van der Waals surface area contributed by atoms with Gasteiger partial charge in [-0.3, -0.25) is 4.99 Å². The first-order valence-electron chi connectivity index (χ1n) is 6.92. The standard InChI is InChI=1S/C15H25N3O3/c1-12(11-19-3)18-15(16-2)17-8-9-21-14-7-5-6-13(10-14)20-4/h5-7,10,12H,8-9,11H2,1-4H3,(H2,16,17,18). The molecule has 0 amide bonds. The molecule has 1 aromatic carbocycles. The fraction of sp³-hybridized carbons (Fsp3) is 0.533. The van der Waals surface area contributed by atoms with Crippen LogP contribution in [0.1, 0.15) is 6.92 Å². The Balaban J connectivity index is 2.28. The average molecular weight is 295 g/mol. The van der Waals surface area contributed by atoms with E-state index in [1.165, 1.54) is 0 Å². The highest BCUT2D eigenvalue weighted by Gasteiger charge is 2.04. The van der Waals surface area contributed by atoms with Crippen molar-refractivity contribution in [3.63, 3.8) is 0 Å². The Bertz CT molecular complexity index is 438. The summed E-state index contributed by atoms with van der Waals surface area (Å²) in [6.45, 7) is 3.84. The van der Waals surface area contributed by atoms with Gasteiger partial charge in [0.1, 0.15) is 18.1 Å². The van der Waals surface area contributed by atoms with E-state index in [9.17, 15) is 0 Å². The molecule has 2 N–H and O–H groups in total. The van der Waals surface area contributed by atoms with Gasteiger partial charge in [0.2, 0.25) is 0 Å². The molecular formula is C15H25N3O3. The molecule has 0 fully saturated rings. The zero-order valence-corrected chi connectivity index (χ0v) is 13.2. The normalized spacial score (nSPS) is 12.7. The lowest BCUT2D eigenvalue weighted by molar-refractivity contribution is 0.179. The number of hydrogen-bond acceptors (Lipinski definition) is 4. The topological polar surface area (TPSA) is 64.1 Å². The number of methoxy groups -OCH3 is 2. The molecule has 0 saturated heterocycles. The van der Waals surface area contributed by atoms with E-state index in [0.29, 0.717) is 19.8 Å². The summed E-state index contributed by atoms with van der Waals surface area (Å²) in [4.78, 5) is 4.15. The smallest absolute Gasteiger partial charge is 0.191 e. The number of hydrogen-bond donors (Lipinski definition) is 2. The maximum Gasteiger partial charge on any atom is 0.191 e. The second-order valence-electron chi connectivity index (χ2n) is 4.53. The molecular weight excluding hydrogens is 270 g/mol. The highest BCUT2D eigenvalue weighted by atomic mass is 16.5. The number of benzene rings is 1. The van der Waals surface area contributed by atoms with Gasteiger partial charge in [-0.1, -0.05) is 6.07 Å². The second kappa shape index (κ2) is 9.88. The second-order valence-corrected chi connectivity index (χ2v) is 4.53. The number of aliphatic imine (C=N–C) groups is 1. The molecule has 6 nitrogen and oxygen atoms in total. The molecule has 0 saturated carbocycles. The maximum atomic E-state index is 5.65. The molecule has 6 heteroatoms. The number of rotatable bonds is 8. The van der Waals surface area contributed by atoms with Gasteiger partial charge in [-0.15, -0.1) is 0 Å². The summed E-state index contributed by atoms with van der Waals surface area (Å²) in [6.07, 6.45) is 0. The van der Waals surface area contributed by atoms with Gasteiger partial charge < -0.3 is 24.8 Å². The van der Waals surface area contributed by atoms with Crippen LogP contribution in [0.3, 0.4) is 0 Å². The Labute approximate surface area is 126 Å². The molecule has 0 spiro atoms. The van der Waals surface area contributed by atoms with Gasteiger partial charge in [0.15, 0.2) is 5.96 Å². The highest BCUT2D eigenvalue weighted by Crippen LogP contribution is 2.18. The molecule has 0 aromatic heterocycles. The maximum absolute atomic E-state index is 5.65. The minimum atomic E-state index is 0.195. The largest absolute Gasteiger partial charge is 0.497 e. The van der Waals surface area contributed by atoms with Crippen LogP contribution in [0, 0.1) is 0 Å². The van der Waals surface area contributed by atoms with Gasteiger partial charge >= 0.3 is 0 Å². The van der Waals surface area contributed by atoms with Crippen molar-refractivity contribution in [3.05, 3.63) is 24.3 Å². The van der Waals surface area contributed by atoms with Crippen LogP contribution in [0.2, 0.25) is 0 Å². The summed E-state index contributed by atoms with van der Waals surface area (Å²) in [5.74, 6) is 2.30. The third-order valence-electron chi connectivity index (χ3n) is 2.73. The van der Waals surface area contributed by atoms with Crippen LogP contribution in [0.25, 0.3) is 0 Å². The van der Waals surface area contributed by atoms with Gasteiger partial charge in [0, 0.05) is 26.3 Å². The summed E-state index contributed by atoms with van der Waals surface area (Å²) in [5.41, 5.74) is 0. The quantitative estimate of drug-likeness (QED) is 0.430. The Morgan fingerprint density at radius 2 is 2.05 bits per heavy atom. The lowest BCUT2D eigenvalue weighted by Gasteiger charge is -2.17. The summed E-state index contributed by atoms with van der Waals surface area (Å²) >= 11 is 0. The Morgan fingerprint density at radius 1 is 1.29 bits per heavy atom. The molecule has 0 bridgehead atoms. The number of nitrogens with zero attached hydrogens (tertiary/aromatic N) is 1. The molecule has 118 valence electrons. The van der Waals surface area contributed by atoms with Crippen LogP contribution in [0.4, 0.5) is 0 Å². The Morgan fingerprint density at radius 3 is 2.71 bits per heavy atom. The first kappa shape index (κ1) is 17.1. The van der Waals surface area contributed by atoms with Gasteiger partial charge in [-0.05, 0) is 19.1 Å². The molecule has 1 atom stereocenters. The van der Waals surface area contributed by atoms with Crippen LogP contribution in [-0.4, -0.2) is 53.0 Å². The van der Waals surface area contributed by atoms with Crippen molar-refractivity contribution in [2.24, 2.45) is 4.99 Å². The van der Waals surface area contributed by atoms with Gasteiger partial charge in [-0.25, -0.2) is 0 Å². The summed E-state index contributed by atoms with van der Waals surface area (Å²) in [5, 5.41) is 6.41. The number of ether oxygens (including phenoxy) is 3. The Kier molecular flexibility index (Phi) is 8.04. The molecule has 21 heavy (non-hydrogen) atoms. The summed E-state index contributed by atoms with van der Waals surface area (Å²) < 4.78 is 15.9. The van der Waals surface area contributed by atoms with Gasteiger partial charge in [-0.2, -0.15) is 0 Å². The van der Waals surface area contributed by atoms with E-state index in [1.807, 2.05) is 31.2 Å². The van der Waals surface area contributed by atoms with Gasteiger partial charge in [0.25, 0.3) is 0 Å². The number of guanidine groups is 1. The lowest BCUT2D eigenvalue weighted by atomic mass is 10.3. The van der Waals surface area contributed by atoms with E-state index in [0.717, 1.165) is 17.5 Å². The molecule has 0 aliphatic carbocycles. The molecule has 0 radical (unpaired) electrons. The fourth-order valence-electron chi connectivity index (χ4n) is 1.75. The SMILES string of the molecule is CN=C(NCCOc1cccc(OC)c1)NC(C)COC. The lowest BCUT2D eigenvalue weighted by Crippen LogP contribution is -2.45. The van der Waals surface area contributed by atoms with Crippen LogP contribution in [0.5, 0.6) is 11.5 Å². The zero-order valence-electron chi connectivity index (χ0n) is 13.2. The van der Waals surface area contributed by atoms with Crippen molar-refractivity contribution in [2.75, 3.05) is 41.0 Å². The molecule has 0 aliphatic rings. The average Bonchev–Trinajstić information content (AvgIpc) is 2.50. The van der Waals surface area contributed by atoms with Crippen LogP contribution in [0.15, 0.2) is 29.3 Å². The Hall–Kier alpha value is -1.95. The predicted octanol–water partition coefficient (Wildman–Crippen LogP) is 1.27. The molecule has 1 rings (SSSR count). The van der Waals surface area contributed by atoms with Crippen molar-refractivity contribution < 1.29 is 14.2 Å². The predicted molar refractivity (Wildman–Crippen MR) is 84.3 cm³/mol. The van der Waals surface area contributed by atoms with E-state index < -0.39 is 0 Å². The first-order chi connectivity index (χ1) is 10.2. The van der Waals surface area contributed by atoms with Crippen molar-refractivity contribution in [1.82, 2.24) is 10.6 Å². The van der Waals surface area contributed by atoms with E-state index in [2.05, 4.69) is 15.6 Å². The molecule has 0 heterocycles. The number of nitrogens with one attached hydrogen (secondary N) is 2. The van der Waals surface area contributed by atoms with E-state index in [4.69, 9.17) is 14.2 Å². The molecule has 1 aromatic rings. The first-order valence-corrected chi connectivity index (χ1v) is 6.92. The van der Waals surface area contributed by atoms with E-state index in [1.54, 1.807) is 21.3 Å². The van der Waals surface area contributed by atoms with Crippen LogP contribution < -0.4 is 20.1 Å². The van der Waals surface area contributed by atoms with Crippen LogP contribution in [-0.2, 0) is 4.74 Å². The van der Waals surface area contributed by atoms with Crippen molar-refractivity contribution in [2.45, 2.75) is 13.0 Å².